The number of hydrogen-bond acceptors (Lipinski definition) is 4. The van der Waals surface area contributed by atoms with Gasteiger partial charge < -0.3 is 5.32 Å². The number of piperazine rings is 1. The Kier molecular flexibility index (Phi) is 6.87. The Morgan fingerprint density at radius 3 is 2.19 bits per heavy atom. The van der Waals surface area contributed by atoms with Gasteiger partial charge in [0.2, 0.25) is 15.9 Å². The number of rotatable bonds is 6. The lowest BCUT2D eigenvalue weighted by Crippen LogP contribution is -2.51. The van der Waals surface area contributed by atoms with Crippen molar-refractivity contribution in [3.63, 3.8) is 0 Å². The number of amides is 1. The molecule has 152 valence electrons. The number of benzene rings is 1. The fourth-order valence-electron chi connectivity index (χ4n) is 2.72. The maximum Gasteiger partial charge on any atom is 0.416 e. The second-order valence-electron chi connectivity index (χ2n) is 6.58. The molecule has 0 bridgehead atoms. The van der Waals surface area contributed by atoms with Gasteiger partial charge in [-0.05, 0) is 37.6 Å². The molecule has 1 amide bonds. The van der Waals surface area contributed by atoms with Gasteiger partial charge in [0.25, 0.3) is 0 Å². The zero-order chi connectivity index (χ0) is 20.2. The summed E-state index contributed by atoms with van der Waals surface area (Å²) in [5.74, 6) is -0.108. The van der Waals surface area contributed by atoms with Crippen LogP contribution in [0, 0.1) is 0 Å². The molecule has 0 radical (unpaired) electrons. The average molecular weight is 407 g/mol. The Balaban J connectivity index is 1.95. The van der Waals surface area contributed by atoms with Gasteiger partial charge in [-0.25, -0.2) is 8.42 Å². The highest BCUT2D eigenvalue weighted by Gasteiger charge is 2.32. The fraction of sp³-hybridized carbons (Fsp3) is 0.588. The van der Waals surface area contributed by atoms with E-state index in [0.717, 1.165) is 30.7 Å². The molecule has 1 fully saturated rings. The van der Waals surface area contributed by atoms with E-state index in [4.69, 9.17) is 0 Å². The number of halogens is 3. The van der Waals surface area contributed by atoms with E-state index in [-0.39, 0.29) is 36.5 Å². The Morgan fingerprint density at radius 1 is 1.15 bits per heavy atom. The summed E-state index contributed by atoms with van der Waals surface area (Å²) in [6.45, 7) is 5.20. The molecule has 0 spiro atoms. The molecule has 1 aliphatic rings. The number of alkyl halides is 3. The van der Waals surface area contributed by atoms with Crippen LogP contribution >= 0.6 is 0 Å². The Morgan fingerprint density at radius 2 is 1.70 bits per heavy atom. The maximum absolute atomic E-state index is 12.6. The summed E-state index contributed by atoms with van der Waals surface area (Å²) < 4.78 is 64.3. The van der Waals surface area contributed by atoms with E-state index in [2.05, 4.69) is 5.32 Å². The van der Waals surface area contributed by atoms with E-state index in [1.54, 1.807) is 0 Å². The number of carbonyl (C=O) groups excluding carboxylic acids is 1. The van der Waals surface area contributed by atoms with E-state index >= 15 is 0 Å². The van der Waals surface area contributed by atoms with Crippen molar-refractivity contribution in [2.75, 3.05) is 32.7 Å². The van der Waals surface area contributed by atoms with Crippen LogP contribution in [0.15, 0.2) is 29.2 Å². The molecule has 2 rings (SSSR count). The summed E-state index contributed by atoms with van der Waals surface area (Å²) in [7, 11) is -3.86. The third-order valence-corrected chi connectivity index (χ3v) is 6.45. The summed E-state index contributed by atoms with van der Waals surface area (Å²) in [6.07, 6.45) is -3.69. The predicted octanol–water partition coefficient (Wildman–Crippen LogP) is 1.93. The van der Waals surface area contributed by atoms with Gasteiger partial charge in [0.1, 0.15) is 0 Å². The second kappa shape index (κ2) is 8.57. The molecule has 1 aromatic rings. The molecule has 1 atom stereocenters. The minimum absolute atomic E-state index is 0.0823. The summed E-state index contributed by atoms with van der Waals surface area (Å²) in [5, 5.41) is 2.86. The first-order valence-electron chi connectivity index (χ1n) is 8.73. The molecule has 0 saturated carbocycles. The second-order valence-corrected chi connectivity index (χ2v) is 8.52. The molecule has 1 N–H and O–H groups in total. The summed E-state index contributed by atoms with van der Waals surface area (Å²) in [6, 6.07) is 3.57. The SMILES string of the molecule is CC[C@@H](C)NC(=O)CN1CCN(S(=O)(=O)c2ccc(C(F)(F)F)cc2)CC1. The normalized spacial score (nSPS) is 18.3. The Bertz CT molecular complexity index is 743. The molecule has 1 aromatic carbocycles. The van der Waals surface area contributed by atoms with Crippen molar-refractivity contribution < 1.29 is 26.4 Å². The molecular formula is C17H24F3N3O3S. The molecule has 1 saturated heterocycles. The third-order valence-electron chi connectivity index (χ3n) is 4.54. The van der Waals surface area contributed by atoms with Gasteiger partial charge in [-0.3, -0.25) is 9.69 Å². The lowest BCUT2D eigenvalue weighted by atomic mass is 10.2. The first-order valence-corrected chi connectivity index (χ1v) is 10.2. The topological polar surface area (TPSA) is 69.7 Å². The van der Waals surface area contributed by atoms with Crippen LogP contribution in [-0.2, 0) is 21.0 Å². The van der Waals surface area contributed by atoms with Crippen LogP contribution < -0.4 is 5.32 Å². The molecule has 27 heavy (non-hydrogen) atoms. The molecule has 10 heteroatoms. The summed E-state index contributed by atoms with van der Waals surface area (Å²) in [5.41, 5.74) is -0.890. The number of hydrogen-bond donors (Lipinski definition) is 1. The molecule has 0 aliphatic carbocycles. The predicted molar refractivity (Wildman–Crippen MR) is 94.5 cm³/mol. The van der Waals surface area contributed by atoms with E-state index in [9.17, 15) is 26.4 Å². The highest BCUT2D eigenvalue weighted by atomic mass is 32.2. The van der Waals surface area contributed by atoms with Crippen molar-refractivity contribution in [2.24, 2.45) is 0 Å². The van der Waals surface area contributed by atoms with Crippen molar-refractivity contribution in [3.8, 4) is 0 Å². The van der Waals surface area contributed by atoms with Crippen LogP contribution in [0.4, 0.5) is 13.2 Å². The van der Waals surface area contributed by atoms with Crippen LogP contribution in [-0.4, -0.2) is 62.3 Å². The van der Waals surface area contributed by atoms with Crippen molar-refractivity contribution in [3.05, 3.63) is 29.8 Å². The molecule has 0 unspecified atom stereocenters. The van der Waals surface area contributed by atoms with Crippen LogP contribution in [0.5, 0.6) is 0 Å². The van der Waals surface area contributed by atoms with Crippen LogP contribution in [0.25, 0.3) is 0 Å². The van der Waals surface area contributed by atoms with Gasteiger partial charge in [0.05, 0.1) is 17.0 Å². The molecule has 0 aromatic heterocycles. The lowest BCUT2D eigenvalue weighted by Gasteiger charge is -2.33. The van der Waals surface area contributed by atoms with Crippen LogP contribution in [0.3, 0.4) is 0 Å². The Labute approximate surface area is 157 Å². The quantitative estimate of drug-likeness (QED) is 0.782. The Hall–Kier alpha value is -1.65. The number of nitrogens with one attached hydrogen (secondary N) is 1. The molecular weight excluding hydrogens is 383 g/mol. The number of nitrogens with zero attached hydrogens (tertiary/aromatic N) is 2. The third kappa shape index (κ3) is 5.66. The lowest BCUT2D eigenvalue weighted by molar-refractivity contribution is -0.137. The number of carbonyl (C=O) groups is 1. The van der Waals surface area contributed by atoms with Crippen molar-refractivity contribution in [1.29, 1.82) is 0 Å². The molecule has 1 aliphatic heterocycles. The summed E-state index contributed by atoms with van der Waals surface area (Å²) in [4.78, 5) is 13.6. The standard InChI is InChI=1S/C17H24F3N3O3S/c1-3-13(2)21-16(24)12-22-8-10-23(11-9-22)27(25,26)15-6-4-14(5-7-15)17(18,19)20/h4-7,13H,3,8-12H2,1-2H3,(H,21,24)/t13-/m1/s1. The average Bonchev–Trinajstić information content (AvgIpc) is 2.61. The molecule has 1 heterocycles. The van der Waals surface area contributed by atoms with E-state index in [0.29, 0.717) is 13.1 Å². The van der Waals surface area contributed by atoms with Gasteiger partial charge in [-0.2, -0.15) is 17.5 Å². The van der Waals surface area contributed by atoms with Gasteiger partial charge in [0.15, 0.2) is 0 Å². The van der Waals surface area contributed by atoms with E-state index < -0.39 is 21.8 Å². The largest absolute Gasteiger partial charge is 0.416 e. The minimum Gasteiger partial charge on any atom is -0.353 e. The van der Waals surface area contributed by atoms with Crippen molar-refractivity contribution in [2.45, 2.75) is 37.4 Å². The maximum atomic E-state index is 12.6. The van der Waals surface area contributed by atoms with Crippen molar-refractivity contribution in [1.82, 2.24) is 14.5 Å². The van der Waals surface area contributed by atoms with Crippen LogP contribution in [0.2, 0.25) is 0 Å². The van der Waals surface area contributed by atoms with Gasteiger partial charge in [-0.15, -0.1) is 0 Å². The van der Waals surface area contributed by atoms with Gasteiger partial charge in [0, 0.05) is 32.2 Å². The zero-order valence-corrected chi connectivity index (χ0v) is 16.1. The fourth-order valence-corrected chi connectivity index (χ4v) is 4.14. The smallest absolute Gasteiger partial charge is 0.353 e. The van der Waals surface area contributed by atoms with Gasteiger partial charge >= 0.3 is 6.18 Å². The van der Waals surface area contributed by atoms with E-state index in [1.807, 2.05) is 18.7 Å². The molecule has 6 nitrogen and oxygen atoms in total. The number of sulfonamides is 1. The first kappa shape index (κ1) is 21.6. The zero-order valence-electron chi connectivity index (χ0n) is 15.3. The highest BCUT2D eigenvalue weighted by Crippen LogP contribution is 2.30. The van der Waals surface area contributed by atoms with E-state index in [1.165, 1.54) is 4.31 Å². The monoisotopic (exact) mass is 407 g/mol. The van der Waals surface area contributed by atoms with Crippen molar-refractivity contribution >= 4 is 15.9 Å². The van der Waals surface area contributed by atoms with Gasteiger partial charge in [-0.1, -0.05) is 6.92 Å². The highest BCUT2D eigenvalue weighted by molar-refractivity contribution is 7.89. The summed E-state index contributed by atoms with van der Waals surface area (Å²) >= 11 is 0. The first-order chi connectivity index (χ1) is 12.5. The minimum atomic E-state index is -4.51. The van der Waals surface area contributed by atoms with Crippen LogP contribution in [0.1, 0.15) is 25.8 Å².